The molecule has 5 nitrogen and oxygen atoms in total. The second-order valence-corrected chi connectivity index (χ2v) is 5.21. The fourth-order valence-electron chi connectivity index (χ4n) is 3.02. The molecule has 0 aromatic carbocycles. The van der Waals surface area contributed by atoms with Gasteiger partial charge in [-0.05, 0) is 26.0 Å². The normalized spacial score (nSPS) is 20.4. The fraction of sp³-hybridized carbons (Fsp3) is 0.786. The summed E-state index contributed by atoms with van der Waals surface area (Å²) in [4.78, 5) is 0. The second-order valence-electron chi connectivity index (χ2n) is 5.21. The molecule has 1 saturated heterocycles. The van der Waals surface area contributed by atoms with Crippen molar-refractivity contribution in [2.45, 2.75) is 37.3 Å². The highest BCUT2D eigenvalue weighted by atomic mass is 16.5. The van der Waals surface area contributed by atoms with Crippen molar-refractivity contribution < 1.29 is 9.47 Å². The monoisotopic (exact) mass is 267 g/mol. The lowest BCUT2D eigenvalue weighted by molar-refractivity contribution is -0.110. The Kier molecular flexibility index (Phi) is 4.96. The van der Waals surface area contributed by atoms with Crippen LogP contribution >= 0.6 is 0 Å². The second kappa shape index (κ2) is 6.50. The van der Waals surface area contributed by atoms with E-state index in [-0.39, 0.29) is 5.60 Å². The van der Waals surface area contributed by atoms with Crippen molar-refractivity contribution in [3.8, 4) is 0 Å². The third-order valence-corrected chi connectivity index (χ3v) is 4.34. The van der Waals surface area contributed by atoms with E-state index in [1.54, 1.807) is 0 Å². The summed E-state index contributed by atoms with van der Waals surface area (Å²) in [6.45, 7) is 1.58. The van der Waals surface area contributed by atoms with Crippen molar-refractivity contribution >= 4 is 0 Å². The largest absolute Gasteiger partial charge is 0.381 e. The van der Waals surface area contributed by atoms with Crippen LogP contribution in [0.5, 0.6) is 0 Å². The molecular formula is C14H25N3O2. The summed E-state index contributed by atoms with van der Waals surface area (Å²) < 4.78 is 13.3. The van der Waals surface area contributed by atoms with Gasteiger partial charge in [-0.3, -0.25) is 4.68 Å². The number of aryl methyl sites for hydroxylation is 2. The first kappa shape index (κ1) is 14.5. The molecule has 0 radical (unpaired) electrons. The van der Waals surface area contributed by atoms with Gasteiger partial charge in [0.1, 0.15) is 0 Å². The number of likely N-dealkylation sites (N-methyl/N-ethyl adjacent to an activating group) is 1. The Balaban J connectivity index is 2.00. The zero-order valence-corrected chi connectivity index (χ0v) is 12.2. The van der Waals surface area contributed by atoms with E-state index in [2.05, 4.69) is 16.5 Å². The van der Waals surface area contributed by atoms with Gasteiger partial charge in [0, 0.05) is 58.1 Å². The number of aromatic nitrogens is 2. The Bertz CT molecular complexity index is 386. The number of rotatable bonds is 6. The zero-order chi connectivity index (χ0) is 13.7. The minimum absolute atomic E-state index is 0.0917. The first-order valence-corrected chi connectivity index (χ1v) is 6.99. The molecule has 0 saturated carbocycles. The average Bonchev–Trinajstić information content (AvgIpc) is 2.86. The van der Waals surface area contributed by atoms with Gasteiger partial charge in [0.05, 0.1) is 5.60 Å². The maximum Gasteiger partial charge on any atom is 0.0874 e. The lowest BCUT2D eigenvalue weighted by Crippen LogP contribution is -2.54. The van der Waals surface area contributed by atoms with Crippen molar-refractivity contribution in [1.29, 1.82) is 0 Å². The van der Waals surface area contributed by atoms with Crippen LogP contribution in [-0.2, 0) is 22.9 Å². The Morgan fingerprint density at radius 3 is 2.79 bits per heavy atom. The molecule has 1 aliphatic rings. The Morgan fingerprint density at radius 1 is 1.53 bits per heavy atom. The first-order valence-electron chi connectivity index (χ1n) is 6.99. The van der Waals surface area contributed by atoms with Gasteiger partial charge in [0.25, 0.3) is 0 Å². The van der Waals surface area contributed by atoms with Crippen LogP contribution in [0.25, 0.3) is 0 Å². The van der Waals surface area contributed by atoms with E-state index in [0.29, 0.717) is 6.04 Å². The number of methoxy groups -OCH3 is 1. The minimum Gasteiger partial charge on any atom is -0.381 e. The molecule has 108 valence electrons. The van der Waals surface area contributed by atoms with Crippen molar-refractivity contribution in [2.24, 2.45) is 7.05 Å². The standard InChI is InChI=1S/C14H25N3O2/c1-15-13(5-4-12-6-9-16-17(12)2)14(18-3)7-10-19-11-8-14/h6,9,13,15H,4-5,7-8,10-11H2,1-3H3. The lowest BCUT2D eigenvalue weighted by atomic mass is 9.83. The van der Waals surface area contributed by atoms with Gasteiger partial charge in [-0.15, -0.1) is 0 Å². The smallest absolute Gasteiger partial charge is 0.0874 e. The Labute approximate surface area is 115 Å². The summed E-state index contributed by atoms with van der Waals surface area (Å²) in [5.74, 6) is 0. The lowest BCUT2D eigenvalue weighted by Gasteiger charge is -2.42. The van der Waals surface area contributed by atoms with E-state index in [1.807, 2.05) is 32.1 Å². The van der Waals surface area contributed by atoms with E-state index in [0.717, 1.165) is 38.9 Å². The van der Waals surface area contributed by atoms with E-state index in [9.17, 15) is 0 Å². The molecule has 0 amide bonds. The first-order chi connectivity index (χ1) is 9.22. The molecule has 2 heterocycles. The van der Waals surface area contributed by atoms with Crippen LogP contribution in [0.4, 0.5) is 0 Å². The predicted molar refractivity (Wildman–Crippen MR) is 74.2 cm³/mol. The summed E-state index contributed by atoms with van der Waals surface area (Å²) in [5, 5.41) is 7.65. The summed E-state index contributed by atoms with van der Waals surface area (Å²) in [5.41, 5.74) is 1.17. The van der Waals surface area contributed by atoms with E-state index >= 15 is 0 Å². The molecule has 1 aromatic rings. The molecule has 0 aliphatic carbocycles. The van der Waals surface area contributed by atoms with Gasteiger partial charge in [0.15, 0.2) is 0 Å². The minimum atomic E-state index is -0.0917. The third kappa shape index (κ3) is 3.16. The number of nitrogens with zero attached hydrogens (tertiary/aromatic N) is 2. The van der Waals surface area contributed by atoms with Crippen LogP contribution in [0.3, 0.4) is 0 Å². The average molecular weight is 267 g/mol. The maximum absolute atomic E-state index is 5.87. The highest BCUT2D eigenvalue weighted by molar-refractivity contribution is 5.03. The maximum atomic E-state index is 5.87. The Hall–Kier alpha value is -0.910. The van der Waals surface area contributed by atoms with Crippen LogP contribution in [0, 0.1) is 0 Å². The quantitative estimate of drug-likeness (QED) is 0.839. The van der Waals surface area contributed by atoms with Crippen molar-refractivity contribution in [3.05, 3.63) is 18.0 Å². The van der Waals surface area contributed by atoms with E-state index in [1.165, 1.54) is 5.69 Å². The molecule has 0 bridgehead atoms. The molecule has 1 unspecified atom stereocenters. The molecule has 2 rings (SSSR count). The topological polar surface area (TPSA) is 48.3 Å². The van der Waals surface area contributed by atoms with Crippen molar-refractivity contribution in [2.75, 3.05) is 27.4 Å². The molecule has 1 atom stereocenters. The van der Waals surface area contributed by atoms with Crippen LogP contribution in [0.1, 0.15) is 25.0 Å². The van der Waals surface area contributed by atoms with Gasteiger partial charge >= 0.3 is 0 Å². The van der Waals surface area contributed by atoms with Gasteiger partial charge in [-0.25, -0.2) is 0 Å². The number of hydrogen-bond donors (Lipinski definition) is 1. The third-order valence-electron chi connectivity index (χ3n) is 4.34. The van der Waals surface area contributed by atoms with Crippen molar-refractivity contribution in [3.63, 3.8) is 0 Å². The highest BCUT2D eigenvalue weighted by Gasteiger charge is 2.39. The van der Waals surface area contributed by atoms with Gasteiger partial charge in [-0.2, -0.15) is 5.10 Å². The molecule has 5 heteroatoms. The van der Waals surface area contributed by atoms with Gasteiger partial charge < -0.3 is 14.8 Å². The Morgan fingerprint density at radius 2 is 2.26 bits per heavy atom. The molecule has 19 heavy (non-hydrogen) atoms. The number of nitrogens with one attached hydrogen (secondary N) is 1. The molecule has 1 N–H and O–H groups in total. The van der Waals surface area contributed by atoms with E-state index < -0.39 is 0 Å². The van der Waals surface area contributed by atoms with Crippen LogP contribution in [-0.4, -0.2) is 48.8 Å². The molecule has 1 aromatic heterocycles. The SMILES string of the molecule is CNC(CCc1ccnn1C)C1(OC)CCOCC1. The van der Waals surface area contributed by atoms with Crippen LogP contribution < -0.4 is 5.32 Å². The van der Waals surface area contributed by atoms with E-state index in [4.69, 9.17) is 9.47 Å². The summed E-state index contributed by atoms with van der Waals surface area (Å²) in [6, 6.07) is 2.42. The number of ether oxygens (including phenoxy) is 2. The van der Waals surface area contributed by atoms with Gasteiger partial charge in [0.2, 0.25) is 0 Å². The summed E-state index contributed by atoms with van der Waals surface area (Å²) >= 11 is 0. The summed E-state index contributed by atoms with van der Waals surface area (Å²) in [6.07, 6.45) is 5.82. The predicted octanol–water partition coefficient (Wildman–Crippen LogP) is 1.14. The fourth-order valence-corrected chi connectivity index (χ4v) is 3.02. The molecular weight excluding hydrogens is 242 g/mol. The van der Waals surface area contributed by atoms with Gasteiger partial charge in [-0.1, -0.05) is 0 Å². The number of hydrogen-bond acceptors (Lipinski definition) is 4. The highest BCUT2D eigenvalue weighted by Crippen LogP contribution is 2.30. The molecule has 1 fully saturated rings. The molecule has 0 spiro atoms. The van der Waals surface area contributed by atoms with Crippen LogP contribution in [0.2, 0.25) is 0 Å². The van der Waals surface area contributed by atoms with Crippen molar-refractivity contribution in [1.82, 2.24) is 15.1 Å². The van der Waals surface area contributed by atoms with Crippen LogP contribution in [0.15, 0.2) is 12.3 Å². The molecule has 1 aliphatic heterocycles. The zero-order valence-electron chi connectivity index (χ0n) is 12.2. The summed E-state index contributed by atoms with van der Waals surface area (Å²) in [7, 11) is 5.83.